The second kappa shape index (κ2) is 15.9. The van der Waals surface area contributed by atoms with Crippen LogP contribution < -0.4 is 30.4 Å². The van der Waals surface area contributed by atoms with E-state index >= 15 is 0 Å². The van der Waals surface area contributed by atoms with Crippen LogP contribution in [-0.4, -0.2) is 6.71 Å². The second-order valence-electron chi connectivity index (χ2n) is 23.5. The molecule has 0 atom stereocenters. The Labute approximate surface area is 439 Å². The van der Waals surface area contributed by atoms with E-state index in [1.54, 1.807) is 0 Å². The van der Waals surface area contributed by atoms with Gasteiger partial charge in [0.05, 0.1) is 22.7 Å². The Bertz CT molecular complexity index is 4100. The summed E-state index contributed by atoms with van der Waals surface area (Å²) in [5, 5.41) is 3.53. The smallest absolute Gasteiger partial charge is 0.264 e. The lowest BCUT2D eigenvalue weighted by atomic mass is 9.36. The maximum atomic E-state index is 7.01. The molecule has 74 heavy (non-hydrogen) atoms. The Morgan fingerprint density at radius 3 is 1.84 bits per heavy atom. The van der Waals surface area contributed by atoms with Crippen molar-refractivity contribution < 1.29 is 4.42 Å². The van der Waals surface area contributed by atoms with Crippen LogP contribution >= 0.6 is 11.3 Å². The average Bonchev–Trinajstić information content (AvgIpc) is 4.00. The second-order valence-corrected chi connectivity index (χ2v) is 24.5. The number of hydrogen-bond donors (Lipinski definition) is 0. The van der Waals surface area contributed by atoms with Crippen LogP contribution in [0.1, 0.15) is 83.2 Å². The first-order valence-electron chi connectivity index (χ1n) is 26.2. The molecule has 14 rings (SSSR count). The van der Waals surface area contributed by atoms with Crippen LogP contribution in [-0.2, 0) is 16.2 Å². The van der Waals surface area contributed by atoms with E-state index in [1.807, 2.05) is 11.3 Å². The van der Waals surface area contributed by atoms with Crippen molar-refractivity contribution in [3.8, 4) is 11.1 Å². The quantitative estimate of drug-likeness (QED) is 0.164. The van der Waals surface area contributed by atoms with E-state index in [-0.39, 0.29) is 23.0 Å². The highest BCUT2D eigenvalue weighted by Crippen LogP contribution is 2.56. The van der Waals surface area contributed by atoms with Gasteiger partial charge in [-0.25, -0.2) is 0 Å². The fourth-order valence-electron chi connectivity index (χ4n) is 12.5. The number of benzene rings is 9. The molecule has 0 radical (unpaired) electrons. The summed E-state index contributed by atoms with van der Waals surface area (Å²) in [7, 11) is 0. The summed E-state index contributed by atoms with van der Waals surface area (Å²) in [4.78, 5) is 7.66. The van der Waals surface area contributed by atoms with E-state index in [2.05, 4.69) is 265 Å². The van der Waals surface area contributed by atoms with E-state index < -0.39 is 0 Å². The predicted molar refractivity (Wildman–Crippen MR) is 318 cm³/mol. The van der Waals surface area contributed by atoms with Gasteiger partial charge in [-0.15, -0.1) is 11.3 Å². The summed E-state index contributed by atoms with van der Waals surface area (Å²) in [6.07, 6.45) is 0. The molecule has 0 saturated heterocycles. The topological polar surface area (TPSA) is 22.9 Å². The molecule has 360 valence electrons. The van der Waals surface area contributed by atoms with Crippen molar-refractivity contribution in [1.82, 2.24) is 0 Å². The zero-order valence-corrected chi connectivity index (χ0v) is 44.4. The lowest BCUT2D eigenvalue weighted by molar-refractivity contribution is 0.590. The SMILES string of the molecule is Cc1cc2c3c(c1)N(c1cccc4c1oc1ccccc14)c1cc4c(cc1B3c1sc3ccc(C(C)(C)C)cc3c1N2c1ccc(-c2ccc(C(C)(C)C)cc2)cc1)C(C)(C)c1ccccc1N4c1ccccc1. The van der Waals surface area contributed by atoms with Gasteiger partial charge < -0.3 is 19.1 Å². The molecule has 0 aliphatic carbocycles. The summed E-state index contributed by atoms with van der Waals surface area (Å²) < 4.78 is 9.67. The Morgan fingerprint density at radius 2 is 1.09 bits per heavy atom. The summed E-state index contributed by atoms with van der Waals surface area (Å²) in [6, 6.07) is 70.8. The van der Waals surface area contributed by atoms with E-state index in [1.165, 1.54) is 93.2 Å². The highest BCUT2D eigenvalue weighted by atomic mass is 32.1. The van der Waals surface area contributed by atoms with Crippen LogP contribution in [0.15, 0.2) is 192 Å². The van der Waals surface area contributed by atoms with Crippen molar-refractivity contribution in [3.05, 3.63) is 216 Å². The summed E-state index contributed by atoms with van der Waals surface area (Å²) in [5.74, 6) is 0. The van der Waals surface area contributed by atoms with Crippen LogP contribution in [0.2, 0.25) is 0 Å². The molecular formula is C68H58BN3OS. The van der Waals surface area contributed by atoms with Crippen molar-refractivity contribution in [2.45, 2.75) is 78.6 Å². The molecule has 5 heterocycles. The van der Waals surface area contributed by atoms with Gasteiger partial charge in [0, 0.05) is 59.5 Å². The van der Waals surface area contributed by atoms with Crippen molar-refractivity contribution in [1.29, 1.82) is 0 Å². The van der Waals surface area contributed by atoms with Crippen LogP contribution in [0.4, 0.5) is 51.2 Å². The summed E-state index contributed by atoms with van der Waals surface area (Å²) in [5.41, 5.74) is 23.6. The third kappa shape index (κ3) is 6.60. The van der Waals surface area contributed by atoms with Gasteiger partial charge in [-0.3, -0.25) is 0 Å². The third-order valence-corrected chi connectivity index (χ3v) is 17.6. The van der Waals surface area contributed by atoms with Gasteiger partial charge in [0.2, 0.25) is 0 Å². The Hall–Kier alpha value is -7.80. The molecule has 3 aliphatic rings. The number of rotatable bonds is 4. The van der Waals surface area contributed by atoms with E-state index in [0.717, 1.165) is 44.7 Å². The van der Waals surface area contributed by atoms with Crippen molar-refractivity contribution in [2.75, 3.05) is 14.7 Å². The summed E-state index contributed by atoms with van der Waals surface area (Å²) in [6.45, 7) is 20.9. The Kier molecular flexibility index (Phi) is 9.61. The minimum atomic E-state index is -0.313. The molecule has 11 aromatic rings. The van der Waals surface area contributed by atoms with Gasteiger partial charge >= 0.3 is 0 Å². The number of fused-ring (bicyclic) bond motifs is 11. The van der Waals surface area contributed by atoms with Crippen molar-refractivity contribution in [3.63, 3.8) is 0 Å². The molecule has 0 saturated carbocycles. The standard InChI is InChI=1S/C68H58BN3OS/c1-41-36-58-62-59(37-41)72(55-24-17-21-49-48-20-13-16-25-60(48)73-64(49)55)57-40-56-52(68(8,9)51-22-14-15-23-54(51)70(56)46-18-11-10-12-19-46)39-53(57)69(62)65-63(50-38-45(67(5,6)7)32-35-61(50)74-65)71(58)47-33-28-43(29-34-47)42-26-30-44(31-27-42)66(2,3)4/h10-40H,1-9H3. The first kappa shape index (κ1) is 44.9. The van der Waals surface area contributed by atoms with Gasteiger partial charge in [-0.05, 0) is 140 Å². The van der Waals surface area contributed by atoms with Gasteiger partial charge in [-0.2, -0.15) is 0 Å². The lowest BCUT2D eigenvalue weighted by Gasteiger charge is -2.46. The van der Waals surface area contributed by atoms with Crippen LogP contribution in [0.5, 0.6) is 0 Å². The van der Waals surface area contributed by atoms with Crippen molar-refractivity contribution >= 4 is 117 Å². The largest absolute Gasteiger partial charge is 0.454 e. The van der Waals surface area contributed by atoms with Crippen LogP contribution in [0, 0.1) is 6.92 Å². The molecule has 0 unspecified atom stereocenters. The normalized spacial score (nSPS) is 14.6. The maximum absolute atomic E-state index is 7.01. The molecule has 0 amide bonds. The maximum Gasteiger partial charge on any atom is 0.264 e. The fraction of sp³-hybridized carbons (Fsp3) is 0.176. The molecule has 0 spiro atoms. The molecule has 0 bridgehead atoms. The van der Waals surface area contributed by atoms with E-state index in [9.17, 15) is 0 Å². The number of thiophene rings is 1. The van der Waals surface area contributed by atoms with Gasteiger partial charge in [-0.1, -0.05) is 171 Å². The van der Waals surface area contributed by atoms with Crippen LogP contribution in [0.25, 0.3) is 43.2 Å². The number of aryl methyl sites for hydroxylation is 1. The van der Waals surface area contributed by atoms with Crippen LogP contribution in [0.3, 0.4) is 0 Å². The summed E-state index contributed by atoms with van der Waals surface area (Å²) >= 11 is 1.96. The molecule has 0 N–H and O–H groups in total. The molecule has 4 nitrogen and oxygen atoms in total. The zero-order valence-electron chi connectivity index (χ0n) is 43.6. The molecule has 9 aromatic carbocycles. The highest BCUT2D eigenvalue weighted by Gasteiger charge is 2.48. The minimum Gasteiger partial charge on any atom is -0.454 e. The molecule has 6 heteroatoms. The third-order valence-electron chi connectivity index (χ3n) is 16.4. The zero-order chi connectivity index (χ0) is 50.6. The number of nitrogens with zero attached hydrogens (tertiary/aromatic N) is 3. The molecule has 3 aliphatic heterocycles. The molecule has 2 aromatic heterocycles. The number of hydrogen-bond acceptors (Lipinski definition) is 5. The first-order valence-corrected chi connectivity index (χ1v) is 27.0. The van der Waals surface area contributed by atoms with Gasteiger partial charge in [0.15, 0.2) is 5.58 Å². The van der Waals surface area contributed by atoms with E-state index in [0.29, 0.717) is 0 Å². The van der Waals surface area contributed by atoms with Gasteiger partial charge in [0.1, 0.15) is 5.58 Å². The first-order chi connectivity index (χ1) is 35.6. The fourth-order valence-corrected chi connectivity index (χ4v) is 13.8. The minimum absolute atomic E-state index is 0.0322. The average molecular weight is 976 g/mol. The van der Waals surface area contributed by atoms with E-state index in [4.69, 9.17) is 4.42 Å². The number of para-hydroxylation sites is 4. The monoisotopic (exact) mass is 975 g/mol. The van der Waals surface area contributed by atoms with Gasteiger partial charge in [0.25, 0.3) is 6.71 Å². The Morgan fingerprint density at radius 1 is 0.473 bits per heavy atom. The Balaban J connectivity index is 1.08. The molecular weight excluding hydrogens is 918 g/mol. The highest BCUT2D eigenvalue weighted by molar-refractivity contribution is 7.33. The predicted octanol–water partition coefficient (Wildman–Crippen LogP) is 17.6. The number of furan rings is 1. The lowest BCUT2D eigenvalue weighted by Crippen LogP contribution is -2.60. The number of anilines is 9. The van der Waals surface area contributed by atoms with Crippen molar-refractivity contribution in [2.24, 2.45) is 0 Å². The molecule has 0 fully saturated rings.